The molecule has 54 heavy (non-hydrogen) atoms. The second-order valence-corrected chi connectivity index (χ2v) is 16.5. The molecule has 0 aliphatic heterocycles. The maximum Gasteiger partial charge on any atom is 0.0159 e. The van der Waals surface area contributed by atoms with E-state index in [-0.39, 0.29) is 10.8 Å². The molecule has 0 radical (unpaired) electrons. The zero-order chi connectivity index (χ0) is 36.3. The second-order valence-electron chi connectivity index (χ2n) is 16.5. The minimum atomic E-state index is -0.127. The highest BCUT2D eigenvalue weighted by Crippen LogP contribution is 2.57. The smallest absolute Gasteiger partial charge is 0.0159 e. The highest BCUT2D eigenvalue weighted by Gasteiger charge is 2.41. The van der Waals surface area contributed by atoms with Gasteiger partial charge in [0.2, 0.25) is 0 Å². The molecule has 0 amide bonds. The summed E-state index contributed by atoms with van der Waals surface area (Å²) in [6.07, 6.45) is 0. The van der Waals surface area contributed by atoms with Crippen molar-refractivity contribution in [2.75, 3.05) is 0 Å². The minimum absolute atomic E-state index is 0.0211. The van der Waals surface area contributed by atoms with E-state index in [0.29, 0.717) is 0 Å². The van der Waals surface area contributed by atoms with Crippen LogP contribution in [0.15, 0.2) is 170 Å². The van der Waals surface area contributed by atoms with E-state index in [4.69, 9.17) is 0 Å². The number of hydrogen-bond donors (Lipinski definition) is 0. The van der Waals surface area contributed by atoms with E-state index < -0.39 is 0 Å². The van der Waals surface area contributed by atoms with Crippen molar-refractivity contribution in [3.05, 3.63) is 192 Å². The molecule has 9 aromatic carbocycles. The SMILES string of the molecule is CC1(C)c2ccccc2-c2cc3c(cc21)C(C)(C)c1cc(-c2c4ccccc4c(-c4ccc5cc(-c6ccccc6)ccc5c4)c4ccccc24)ccc1-3. The average molecular weight is 689 g/mol. The van der Waals surface area contributed by atoms with E-state index in [0.717, 1.165) is 0 Å². The molecule has 0 aromatic heterocycles. The van der Waals surface area contributed by atoms with Gasteiger partial charge >= 0.3 is 0 Å². The van der Waals surface area contributed by atoms with Crippen molar-refractivity contribution in [3.63, 3.8) is 0 Å². The second kappa shape index (κ2) is 11.1. The van der Waals surface area contributed by atoms with Gasteiger partial charge in [-0.15, -0.1) is 0 Å². The van der Waals surface area contributed by atoms with Gasteiger partial charge in [-0.25, -0.2) is 0 Å². The van der Waals surface area contributed by atoms with Crippen molar-refractivity contribution in [1.82, 2.24) is 0 Å². The Morgan fingerprint density at radius 3 is 1.35 bits per heavy atom. The van der Waals surface area contributed by atoms with Crippen LogP contribution >= 0.6 is 0 Å². The van der Waals surface area contributed by atoms with Gasteiger partial charge in [-0.1, -0.05) is 173 Å². The van der Waals surface area contributed by atoms with E-state index >= 15 is 0 Å². The summed E-state index contributed by atoms with van der Waals surface area (Å²) in [5.74, 6) is 0. The molecular weight excluding hydrogens is 649 g/mol. The lowest BCUT2D eigenvalue weighted by molar-refractivity contribution is 0.639. The molecule has 0 N–H and O–H groups in total. The number of fused-ring (bicyclic) bond motifs is 9. The monoisotopic (exact) mass is 688 g/mol. The predicted molar refractivity (Wildman–Crippen MR) is 230 cm³/mol. The van der Waals surface area contributed by atoms with Crippen molar-refractivity contribution >= 4 is 32.3 Å². The fraction of sp³-hybridized carbons (Fsp3) is 0.111. The minimum Gasteiger partial charge on any atom is -0.0622 e. The summed E-state index contributed by atoms with van der Waals surface area (Å²) in [5.41, 5.74) is 18.7. The first-order valence-electron chi connectivity index (χ1n) is 19.3. The Labute approximate surface area is 317 Å². The molecule has 0 unspecified atom stereocenters. The summed E-state index contributed by atoms with van der Waals surface area (Å²) >= 11 is 0. The Balaban J connectivity index is 1.08. The molecule has 2 aliphatic carbocycles. The Kier molecular flexibility index (Phi) is 6.46. The predicted octanol–water partition coefficient (Wildman–Crippen LogP) is 14.8. The highest BCUT2D eigenvalue weighted by molar-refractivity contribution is 6.22. The van der Waals surface area contributed by atoms with Gasteiger partial charge in [0.05, 0.1) is 0 Å². The molecule has 256 valence electrons. The largest absolute Gasteiger partial charge is 0.0622 e. The third kappa shape index (κ3) is 4.32. The number of hydrogen-bond acceptors (Lipinski definition) is 0. The van der Waals surface area contributed by atoms with Gasteiger partial charge in [-0.2, -0.15) is 0 Å². The zero-order valence-corrected chi connectivity index (χ0v) is 31.2. The summed E-state index contributed by atoms with van der Waals surface area (Å²) in [5, 5.41) is 7.65. The van der Waals surface area contributed by atoms with Crippen molar-refractivity contribution < 1.29 is 0 Å². The maximum absolute atomic E-state index is 2.54. The third-order valence-corrected chi connectivity index (χ3v) is 12.8. The standard InChI is InChI=1S/C54H40/c1-53(2)47-21-13-12-16-39(47)45-31-46-40-27-26-38(30-48(40)54(3,4)50(46)32-49(45)53)52-43-19-10-8-17-41(43)51(42-18-9-11-20-44(42)52)37-25-24-35-28-34(22-23-36(35)29-37)33-14-6-5-7-15-33/h5-32H,1-4H3. The highest BCUT2D eigenvalue weighted by atomic mass is 14.4. The molecule has 0 nitrogen and oxygen atoms in total. The van der Waals surface area contributed by atoms with Crippen LogP contribution in [-0.2, 0) is 10.8 Å². The Morgan fingerprint density at radius 2 is 0.722 bits per heavy atom. The van der Waals surface area contributed by atoms with Crippen LogP contribution in [0.4, 0.5) is 0 Å². The molecule has 0 spiro atoms. The van der Waals surface area contributed by atoms with E-state index in [9.17, 15) is 0 Å². The lowest BCUT2D eigenvalue weighted by Gasteiger charge is -2.26. The summed E-state index contributed by atoms with van der Waals surface area (Å²) in [6, 6.07) is 63.9. The molecule has 0 atom stereocenters. The first-order valence-corrected chi connectivity index (χ1v) is 19.3. The van der Waals surface area contributed by atoms with Crippen LogP contribution in [0.2, 0.25) is 0 Å². The van der Waals surface area contributed by atoms with Gasteiger partial charge in [0.25, 0.3) is 0 Å². The van der Waals surface area contributed by atoms with Gasteiger partial charge in [0, 0.05) is 10.8 Å². The van der Waals surface area contributed by atoms with Gasteiger partial charge < -0.3 is 0 Å². The van der Waals surface area contributed by atoms with Crippen LogP contribution in [0.25, 0.3) is 88.0 Å². The van der Waals surface area contributed by atoms with Gasteiger partial charge in [-0.3, -0.25) is 0 Å². The fourth-order valence-corrected chi connectivity index (χ4v) is 10.0. The molecule has 2 aliphatic rings. The Morgan fingerprint density at radius 1 is 0.278 bits per heavy atom. The summed E-state index contributed by atoms with van der Waals surface area (Å²) in [7, 11) is 0. The van der Waals surface area contributed by atoms with Crippen molar-refractivity contribution in [2.24, 2.45) is 0 Å². The van der Waals surface area contributed by atoms with E-state index in [2.05, 4.69) is 198 Å². The van der Waals surface area contributed by atoms with Crippen LogP contribution in [0, 0.1) is 0 Å². The first-order chi connectivity index (χ1) is 26.3. The van der Waals surface area contributed by atoms with Gasteiger partial charge in [0.1, 0.15) is 0 Å². The molecular formula is C54H40. The first kappa shape index (κ1) is 31.3. The van der Waals surface area contributed by atoms with Crippen molar-refractivity contribution in [2.45, 2.75) is 38.5 Å². The Bertz CT molecular complexity index is 2970. The van der Waals surface area contributed by atoms with Crippen molar-refractivity contribution in [1.29, 1.82) is 0 Å². The van der Waals surface area contributed by atoms with Crippen LogP contribution in [-0.4, -0.2) is 0 Å². The maximum atomic E-state index is 2.54. The molecule has 0 saturated heterocycles. The molecule has 0 saturated carbocycles. The normalized spacial score (nSPS) is 14.6. The van der Waals surface area contributed by atoms with E-state index in [1.54, 1.807) is 0 Å². The lowest BCUT2D eigenvalue weighted by Crippen LogP contribution is -2.18. The summed E-state index contributed by atoms with van der Waals surface area (Å²) in [6.45, 7) is 9.61. The number of benzene rings is 9. The van der Waals surface area contributed by atoms with E-state index in [1.165, 1.54) is 110 Å². The summed E-state index contributed by atoms with van der Waals surface area (Å²) in [4.78, 5) is 0. The fourth-order valence-electron chi connectivity index (χ4n) is 10.0. The molecule has 9 aromatic rings. The molecule has 0 heteroatoms. The van der Waals surface area contributed by atoms with Crippen LogP contribution in [0.5, 0.6) is 0 Å². The Hall–Kier alpha value is -6.24. The molecule has 0 fully saturated rings. The molecule has 0 heterocycles. The van der Waals surface area contributed by atoms with Crippen LogP contribution in [0.3, 0.4) is 0 Å². The lowest BCUT2D eigenvalue weighted by atomic mass is 9.77. The average Bonchev–Trinajstić information content (AvgIpc) is 3.57. The zero-order valence-electron chi connectivity index (χ0n) is 31.2. The molecule has 0 bridgehead atoms. The number of rotatable bonds is 3. The summed E-state index contributed by atoms with van der Waals surface area (Å²) < 4.78 is 0. The third-order valence-electron chi connectivity index (χ3n) is 12.8. The quantitative estimate of drug-likeness (QED) is 0.162. The topological polar surface area (TPSA) is 0 Å². The van der Waals surface area contributed by atoms with Crippen molar-refractivity contribution in [3.8, 4) is 55.6 Å². The van der Waals surface area contributed by atoms with E-state index in [1.807, 2.05) is 0 Å². The van der Waals surface area contributed by atoms with Gasteiger partial charge in [-0.05, 0) is 134 Å². The van der Waals surface area contributed by atoms with Crippen LogP contribution < -0.4 is 0 Å². The van der Waals surface area contributed by atoms with Crippen LogP contribution in [0.1, 0.15) is 49.9 Å². The van der Waals surface area contributed by atoms with Gasteiger partial charge in [0.15, 0.2) is 0 Å². The molecule has 11 rings (SSSR count).